The van der Waals surface area contributed by atoms with E-state index in [1.165, 1.54) is 5.56 Å². The first kappa shape index (κ1) is 14.9. The van der Waals surface area contributed by atoms with Crippen molar-refractivity contribution in [2.75, 3.05) is 32.7 Å². The van der Waals surface area contributed by atoms with Crippen LogP contribution in [0.3, 0.4) is 0 Å². The first-order valence-electron chi connectivity index (χ1n) is 8.00. The van der Waals surface area contributed by atoms with Crippen molar-refractivity contribution >= 4 is 11.9 Å². The van der Waals surface area contributed by atoms with Gasteiger partial charge in [-0.1, -0.05) is 29.8 Å². The maximum absolute atomic E-state index is 12.4. The molecule has 0 bridgehead atoms. The third kappa shape index (κ3) is 3.24. The van der Waals surface area contributed by atoms with E-state index in [2.05, 4.69) is 31.2 Å². The maximum Gasteiger partial charge on any atom is 0.320 e. The summed E-state index contributed by atoms with van der Waals surface area (Å²) in [6, 6.07) is 8.21. The van der Waals surface area contributed by atoms with Crippen LogP contribution in [0.15, 0.2) is 24.3 Å². The lowest BCUT2D eigenvalue weighted by Crippen LogP contribution is -2.41. The van der Waals surface area contributed by atoms with Crippen molar-refractivity contribution in [1.82, 2.24) is 14.7 Å². The Morgan fingerprint density at radius 3 is 2.32 bits per heavy atom. The highest BCUT2D eigenvalue weighted by atomic mass is 16.2. The highest BCUT2D eigenvalue weighted by molar-refractivity contribution is 5.85. The Hall–Kier alpha value is -2.04. The van der Waals surface area contributed by atoms with Crippen molar-refractivity contribution in [3.63, 3.8) is 0 Å². The maximum atomic E-state index is 12.4. The zero-order valence-electron chi connectivity index (χ0n) is 13.1. The standard InChI is InChI=1S/C17H23N3O2/c1-14-4-6-15(7-5-14)12-19-10-11-20(17(19)22)13-16(21)18-8-2-3-9-18/h4-7H,2-3,8-13H2,1H3. The van der Waals surface area contributed by atoms with E-state index in [0.717, 1.165) is 31.5 Å². The quantitative estimate of drug-likeness (QED) is 0.852. The predicted molar refractivity (Wildman–Crippen MR) is 84.4 cm³/mol. The van der Waals surface area contributed by atoms with Crippen molar-refractivity contribution in [3.05, 3.63) is 35.4 Å². The van der Waals surface area contributed by atoms with Gasteiger partial charge < -0.3 is 14.7 Å². The first-order chi connectivity index (χ1) is 10.6. The van der Waals surface area contributed by atoms with E-state index in [9.17, 15) is 9.59 Å². The highest BCUT2D eigenvalue weighted by Gasteiger charge is 2.31. The van der Waals surface area contributed by atoms with Crippen LogP contribution in [0.1, 0.15) is 24.0 Å². The minimum atomic E-state index is -0.0203. The van der Waals surface area contributed by atoms with Crippen LogP contribution in [0.25, 0.3) is 0 Å². The fourth-order valence-electron chi connectivity index (χ4n) is 3.07. The van der Waals surface area contributed by atoms with E-state index in [1.807, 2.05) is 9.80 Å². The number of amides is 3. The van der Waals surface area contributed by atoms with Crippen LogP contribution in [-0.4, -0.2) is 59.4 Å². The molecule has 0 aromatic heterocycles. The molecule has 5 nitrogen and oxygen atoms in total. The summed E-state index contributed by atoms with van der Waals surface area (Å²) in [6.07, 6.45) is 2.17. The number of rotatable bonds is 4. The number of carbonyl (C=O) groups excluding carboxylic acids is 2. The average molecular weight is 301 g/mol. The van der Waals surface area contributed by atoms with Gasteiger partial charge in [-0.25, -0.2) is 4.79 Å². The SMILES string of the molecule is Cc1ccc(CN2CCN(CC(=O)N3CCCC3)C2=O)cc1. The number of benzene rings is 1. The molecule has 2 saturated heterocycles. The largest absolute Gasteiger partial charge is 0.341 e. The number of carbonyl (C=O) groups is 2. The lowest BCUT2D eigenvalue weighted by molar-refractivity contribution is -0.130. The van der Waals surface area contributed by atoms with Crippen LogP contribution in [-0.2, 0) is 11.3 Å². The van der Waals surface area contributed by atoms with Gasteiger partial charge in [-0.15, -0.1) is 0 Å². The second kappa shape index (κ2) is 6.38. The Morgan fingerprint density at radius 2 is 1.64 bits per heavy atom. The number of hydrogen-bond acceptors (Lipinski definition) is 2. The molecule has 0 radical (unpaired) electrons. The molecule has 5 heteroatoms. The normalized spacial score (nSPS) is 18.4. The summed E-state index contributed by atoms with van der Waals surface area (Å²) >= 11 is 0. The van der Waals surface area contributed by atoms with Gasteiger partial charge in [0.05, 0.1) is 0 Å². The Bertz CT molecular complexity index is 550. The molecule has 0 aliphatic carbocycles. The molecule has 0 spiro atoms. The van der Waals surface area contributed by atoms with Gasteiger partial charge in [0, 0.05) is 32.7 Å². The molecule has 2 fully saturated rings. The van der Waals surface area contributed by atoms with E-state index in [1.54, 1.807) is 4.90 Å². The second-order valence-electron chi connectivity index (χ2n) is 6.20. The van der Waals surface area contributed by atoms with Gasteiger partial charge in [-0.3, -0.25) is 4.79 Å². The Labute approximate surface area is 131 Å². The lowest BCUT2D eigenvalue weighted by atomic mass is 10.1. The van der Waals surface area contributed by atoms with Crippen LogP contribution in [0.4, 0.5) is 4.79 Å². The minimum absolute atomic E-state index is 0.0203. The molecule has 3 rings (SSSR count). The van der Waals surface area contributed by atoms with Gasteiger partial charge in [-0.2, -0.15) is 0 Å². The van der Waals surface area contributed by atoms with E-state index < -0.39 is 0 Å². The third-order valence-electron chi connectivity index (χ3n) is 4.46. The summed E-state index contributed by atoms with van der Waals surface area (Å²) in [5, 5.41) is 0. The molecule has 2 aliphatic heterocycles. The summed E-state index contributed by atoms with van der Waals surface area (Å²) in [5.74, 6) is 0.0861. The van der Waals surface area contributed by atoms with Crippen LogP contribution in [0, 0.1) is 6.92 Å². The van der Waals surface area contributed by atoms with Crippen LogP contribution < -0.4 is 0 Å². The van der Waals surface area contributed by atoms with E-state index in [-0.39, 0.29) is 18.5 Å². The van der Waals surface area contributed by atoms with Gasteiger partial charge in [0.1, 0.15) is 6.54 Å². The molecule has 3 amide bonds. The van der Waals surface area contributed by atoms with Crippen molar-refractivity contribution in [1.29, 1.82) is 0 Å². The van der Waals surface area contributed by atoms with E-state index in [4.69, 9.17) is 0 Å². The van der Waals surface area contributed by atoms with Crippen LogP contribution in [0.5, 0.6) is 0 Å². The molecular formula is C17H23N3O2. The van der Waals surface area contributed by atoms with Crippen molar-refractivity contribution in [2.24, 2.45) is 0 Å². The van der Waals surface area contributed by atoms with E-state index in [0.29, 0.717) is 19.6 Å². The minimum Gasteiger partial charge on any atom is -0.341 e. The van der Waals surface area contributed by atoms with Gasteiger partial charge in [0.25, 0.3) is 0 Å². The number of nitrogens with zero attached hydrogens (tertiary/aromatic N) is 3. The zero-order valence-corrected chi connectivity index (χ0v) is 13.1. The Morgan fingerprint density at radius 1 is 1.00 bits per heavy atom. The molecule has 2 heterocycles. The number of urea groups is 1. The Kier molecular flexibility index (Phi) is 4.32. The highest BCUT2D eigenvalue weighted by Crippen LogP contribution is 2.15. The number of aryl methyl sites for hydroxylation is 1. The Balaban J connectivity index is 1.55. The molecule has 0 atom stereocenters. The third-order valence-corrected chi connectivity index (χ3v) is 4.46. The molecular weight excluding hydrogens is 278 g/mol. The number of likely N-dealkylation sites (tertiary alicyclic amines) is 1. The van der Waals surface area contributed by atoms with Gasteiger partial charge in [-0.05, 0) is 25.3 Å². The van der Waals surface area contributed by atoms with Gasteiger partial charge in [0.15, 0.2) is 0 Å². The van der Waals surface area contributed by atoms with Crippen LogP contribution >= 0.6 is 0 Å². The zero-order chi connectivity index (χ0) is 15.5. The molecule has 118 valence electrons. The summed E-state index contributed by atoms with van der Waals surface area (Å²) < 4.78 is 0. The molecule has 0 saturated carbocycles. The van der Waals surface area contributed by atoms with Gasteiger partial charge in [0.2, 0.25) is 5.91 Å². The predicted octanol–water partition coefficient (Wildman–Crippen LogP) is 1.86. The molecule has 1 aromatic carbocycles. The lowest BCUT2D eigenvalue weighted by Gasteiger charge is -2.21. The molecule has 0 unspecified atom stereocenters. The number of hydrogen-bond donors (Lipinski definition) is 0. The average Bonchev–Trinajstić information content (AvgIpc) is 3.15. The summed E-state index contributed by atoms with van der Waals surface area (Å²) in [7, 11) is 0. The van der Waals surface area contributed by atoms with E-state index >= 15 is 0 Å². The molecule has 1 aromatic rings. The smallest absolute Gasteiger partial charge is 0.320 e. The summed E-state index contributed by atoms with van der Waals surface area (Å²) in [5.41, 5.74) is 2.35. The fourth-order valence-corrected chi connectivity index (χ4v) is 3.07. The van der Waals surface area contributed by atoms with Gasteiger partial charge >= 0.3 is 6.03 Å². The fraction of sp³-hybridized carbons (Fsp3) is 0.529. The topological polar surface area (TPSA) is 43.9 Å². The summed E-state index contributed by atoms with van der Waals surface area (Å²) in [6.45, 7) is 5.92. The second-order valence-corrected chi connectivity index (χ2v) is 6.20. The monoisotopic (exact) mass is 301 g/mol. The van der Waals surface area contributed by atoms with Crippen LogP contribution in [0.2, 0.25) is 0 Å². The van der Waals surface area contributed by atoms with Crippen molar-refractivity contribution in [2.45, 2.75) is 26.3 Å². The van der Waals surface area contributed by atoms with Crippen molar-refractivity contribution < 1.29 is 9.59 Å². The van der Waals surface area contributed by atoms with Crippen molar-refractivity contribution in [3.8, 4) is 0 Å². The summed E-state index contributed by atoms with van der Waals surface area (Å²) in [4.78, 5) is 29.9. The molecule has 2 aliphatic rings. The molecule has 22 heavy (non-hydrogen) atoms. The first-order valence-corrected chi connectivity index (χ1v) is 8.00. The molecule has 0 N–H and O–H groups in total.